The van der Waals surface area contributed by atoms with Gasteiger partial charge in [-0.15, -0.1) is 0 Å². The minimum Gasteiger partial charge on any atom is -0.442 e. The second kappa shape index (κ2) is 4.91. The highest BCUT2D eigenvalue weighted by Crippen LogP contribution is 2.19. The molecule has 6 nitrogen and oxygen atoms in total. The zero-order valence-electron chi connectivity index (χ0n) is 9.85. The lowest BCUT2D eigenvalue weighted by Gasteiger charge is -2.22. The highest BCUT2D eigenvalue weighted by Gasteiger charge is 2.15. The number of ether oxygens (including phenoxy) is 2. The van der Waals surface area contributed by atoms with Gasteiger partial charge in [0, 0.05) is 12.8 Å². The summed E-state index contributed by atoms with van der Waals surface area (Å²) < 4.78 is 16.5. The van der Waals surface area contributed by atoms with E-state index < -0.39 is 5.69 Å². The Morgan fingerprint density at radius 3 is 3.28 bits per heavy atom. The maximum Gasteiger partial charge on any atom is 0.347 e. The van der Waals surface area contributed by atoms with Crippen molar-refractivity contribution in [3.05, 3.63) is 28.5 Å². The normalized spacial score (nSPS) is 20.3. The van der Waals surface area contributed by atoms with Crippen molar-refractivity contribution in [3.8, 4) is 0 Å². The van der Waals surface area contributed by atoms with Crippen molar-refractivity contribution in [3.63, 3.8) is 0 Å². The number of hydrogen-bond donors (Lipinski definition) is 1. The summed E-state index contributed by atoms with van der Waals surface area (Å²) in [6.45, 7) is 1.09. The molecular formula is C12H14N2O4. The summed E-state index contributed by atoms with van der Waals surface area (Å²) in [5.74, 6) is 0.655. The smallest absolute Gasteiger partial charge is 0.347 e. The number of nitrogens with one attached hydrogen (secondary N) is 1. The molecule has 1 aliphatic heterocycles. The van der Waals surface area contributed by atoms with Gasteiger partial charge in [-0.25, -0.2) is 9.78 Å². The lowest BCUT2D eigenvalue weighted by atomic mass is 10.2. The molecule has 0 aromatic carbocycles. The van der Waals surface area contributed by atoms with Crippen LogP contribution in [-0.2, 0) is 16.1 Å². The number of fused-ring (bicyclic) bond motifs is 1. The zero-order chi connectivity index (χ0) is 12.4. The topological polar surface area (TPSA) is 77.3 Å². The van der Waals surface area contributed by atoms with E-state index in [0.29, 0.717) is 18.1 Å². The van der Waals surface area contributed by atoms with E-state index in [1.54, 1.807) is 6.07 Å². The number of hydrogen-bond acceptors (Lipinski definition) is 5. The lowest BCUT2D eigenvalue weighted by molar-refractivity contribution is -0.171. The van der Waals surface area contributed by atoms with Gasteiger partial charge in [0.2, 0.25) is 5.71 Å². The molecule has 1 aliphatic rings. The Morgan fingerprint density at radius 1 is 1.50 bits per heavy atom. The Morgan fingerprint density at radius 2 is 2.44 bits per heavy atom. The number of rotatable bonds is 3. The van der Waals surface area contributed by atoms with Crippen LogP contribution in [0.5, 0.6) is 0 Å². The molecule has 0 spiro atoms. The number of furan rings is 1. The van der Waals surface area contributed by atoms with E-state index >= 15 is 0 Å². The zero-order valence-corrected chi connectivity index (χ0v) is 9.85. The molecule has 18 heavy (non-hydrogen) atoms. The van der Waals surface area contributed by atoms with Gasteiger partial charge in [-0.1, -0.05) is 0 Å². The summed E-state index contributed by atoms with van der Waals surface area (Å²) in [6, 6.07) is 1.81. The molecule has 2 aromatic rings. The lowest BCUT2D eigenvalue weighted by Crippen LogP contribution is -2.21. The van der Waals surface area contributed by atoms with Crippen LogP contribution in [0, 0.1) is 0 Å². The second-order valence-corrected chi connectivity index (χ2v) is 4.29. The molecule has 1 saturated heterocycles. The molecular weight excluding hydrogens is 236 g/mol. The molecule has 2 aromatic heterocycles. The predicted octanol–water partition coefficient (Wildman–Crippen LogP) is 1.56. The quantitative estimate of drug-likeness (QED) is 0.894. The van der Waals surface area contributed by atoms with Gasteiger partial charge in [-0.2, -0.15) is 0 Å². The Kier molecular flexibility index (Phi) is 3.12. The molecule has 3 rings (SSSR count). The highest BCUT2D eigenvalue weighted by atomic mass is 16.7. The van der Waals surface area contributed by atoms with Gasteiger partial charge < -0.3 is 13.9 Å². The van der Waals surface area contributed by atoms with E-state index in [0.717, 1.165) is 31.3 Å². The first-order chi connectivity index (χ1) is 8.81. The maximum absolute atomic E-state index is 11.0. The first-order valence-electron chi connectivity index (χ1n) is 6.02. The maximum atomic E-state index is 11.0. The predicted molar refractivity (Wildman–Crippen MR) is 63.0 cm³/mol. The van der Waals surface area contributed by atoms with Gasteiger partial charge in [-0.3, -0.25) is 4.98 Å². The van der Waals surface area contributed by atoms with Crippen LogP contribution in [0.1, 0.15) is 25.0 Å². The van der Waals surface area contributed by atoms with Crippen molar-refractivity contribution in [1.82, 2.24) is 9.97 Å². The van der Waals surface area contributed by atoms with Crippen LogP contribution in [0.4, 0.5) is 0 Å². The van der Waals surface area contributed by atoms with Crippen LogP contribution in [0.15, 0.2) is 21.5 Å². The number of nitrogens with zero attached hydrogens (tertiary/aromatic N) is 1. The third kappa shape index (κ3) is 2.44. The Bertz CT molecular complexity index is 583. The summed E-state index contributed by atoms with van der Waals surface area (Å²) in [4.78, 5) is 17.2. The molecule has 0 bridgehead atoms. The molecule has 0 amide bonds. The molecule has 1 fully saturated rings. The summed E-state index contributed by atoms with van der Waals surface area (Å²) in [6.07, 6.45) is 4.47. The highest BCUT2D eigenvalue weighted by molar-refractivity contribution is 5.72. The second-order valence-electron chi connectivity index (χ2n) is 4.29. The monoisotopic (exact) mass is 250 g/mol. The number of aromatic nitrogens is 2. The van der Waals surface area contributed by atoms with Crippen LogP contribution in [0.3, 0.4) is 0 Å². The van der Waals surface area contributed by atoms with Crippen molar-refractivity contribution in [2.45, 2.75) is 32.2 Å². The SMILES string of the molecule is O=c1ncc2cc(COC3CCCCO3)oc2[nH]1. The fraction of sp³-hybridized carbons (Fsp3) is 0.500. The Hall–Kier alpha value is -1.66. The average molecular weight is 250 g/mol. The average Bonchev–Trinajstić information content (AvgIpc) is 2.79. The van der Waals surface area contributed by atoms with Gasteiger partial charge in [-0.05, 0) is 25.3 Å². The third-order valence-electron chi connectivity index (χ3n) is 2.90. The van der Waals surface area contributed by atoms with E-state index in [1.807, 2.05) is 0 Å². The molecule has 0 aliphatic carbocycles. The van der Waals surface area contributed by atoms with E-state index in [4.69, 9.17) is 13.9 Å². The van der Waals surface area contributed by atoms with Gasteiger partial charge in [0.25, 0.3) is 0 Å². The Labute approximate surface area is 103 Å². The molecule has 3 heterocycles. The first kappa shape index (κ1) is 11.4. The summed E-state index contributed by atoms with van der Waals surface area (Å²) in [5, 5.41) is 0.762. The third-order valence-corrected chi connectivity index (χ3v) is 2.90. The minimum absolute atomic E-state index is 0.149. The van der Waals surface area contributed by atoms with Crippen LogP contribution < -0.4 is 5.69 Å². The van der Waals surface area contributed by atoms with Crippen molar-refractivity contribution in [1.29, 1.82) is 0 Å². The molecule has 6 heteroatoms. The van der Waals surface area contributed by atoms with Crippen molar-refractivity contribution < 1.29 is 13.9 Å². The molecule has 1 atom stereocenters. The fourth-order valence-electron chi connectivity index (χ4n) is 2.00. The molecule has 0 radical (unpaired) electrons. The van der Waals surface area contributed by atoms with E-state index in [2.05, 4.69) is 9.97 Å². The number of H-pyrrole nitrogens is 1. The largest absolute Gasteiger partial charge is 0.442 e. The Balaban J connectivity index is 1.68. The van der Waals surface area contributed by atoms with Crippen molar-refractivity contribution >= 4 is 11.1 Å². The molecule has 1 N–H and O–H groups in total. The van der Waals surface area contributed by atoms with E-state index in [9.17, 15) is 4.79 Å². The fourth-order valence-corrected chi connectivity index (χ4v) is 2.00. The minimum atomic E-state index is -0.417. The summed E-state index contributed by atoms with van der Waals surface area (Å²) in [5.41, 5.74) is 0.0121. The molecule has 96 valence electrons. The molecule has 0 saturated carbocycles. The standard InChI is InChI=1S/C12H14N2O4/c15-12-13-6-8-5-9(18-11(8)14-12)7-17-10-3-1-2-4-16-10/h5-6,10H,1-4,7H2,(H,13,14,15). The van der Waals surface area contributed by atoms with Gasteiger partial charge >= 0.3 is 5.69 Å². The van der Waals surface area contributed by atoms with Gasteiger partial charge in [0.05, 0.1) is 5.39 Å². The molecule has 1 unspecified atom stereocenters. The first-order valence-corrected chi connectivity index (χ1v) is 6.02. The van der Waals surface area contributed by atoms with Crippen LogP contribution >= 0.6 is 0 Å². The van der Waals surface area contributed by atoms with Crippen LogP contribution in [0.25, 0.3) is 11.1 Å². The van der Waals surface area contributed by atoms with Gasteiger partial charge in [0.15, 0.2) is 6.29 Å². The van der Waals surface area contributed by atoms with E-state index in [1.165, 1.54) is 6.20 Å². The summed E-state index contributed by atoms with van der Waals surface area (Å²) >= 11 is 0. The van der Waals surface area contributed by atoms with Crippen LogP contribution in [0.2, 0.25) is 0 Å². The van der Waals surface area contributed by atoms with Crippen molar-refractivity contribution in [2.75, 3.05) is 6.61 Å². The van der Waals surface area contributed by atoms with Crippen molar-refractivity contribution in [2.24, 2.45) is 0 Å². The van der Waals surface area contributed by atoms with E-state index in [-0.39, 0.29) is 6.29 Å². The van der Waals surface area contributed by atoms with Gasteiger partial charge in [0.1, 0.15) is 12.4 Å². The number of aromatic amines is 1. The van der Waals surface area contributed by atoms with Crippen LogP contribution in [-0.4, -0.2) is 22.9 Å². The summed E-state index contributed by atoms with van der Waals surface area (Å²) in [7, 11) is 0.